The van der Waals surface area contributed by atoms with Crippen LogP contribution in [0.2, 0.25) is 0 Å². The molecule has 72 valence electrons. The van der Waals surface area contributed by atoms with Crippen LogP contribution in [0, 0.1) is 0 Å². The third kappa shape index (κ3) is 3.01. The van der Waals surface area contributed by atoms with Crippen molar-refractivity contribution < 1.29 is 9.59 Å². The van der Waals surface area contributed by atoms with Crippen LogP contribution < -0.4 is 5.32 Å². The highest BCUT2D eigenvalue weighted by atomic mass is 16.2. The van der Waals surface area contributed by atoms with Gasteiger partial charge in [-0.1, -0.05) is 6.08 Å². The van der Waals surface area contributed by atoms with Crippen molar-refractivity contribution in [1.82, 2.24) is 5.32 Å². The van der Waals surface area contributed by atoms with Gasteiger partial charge in [-0.3, -0.25) is 9.59 Å². The van der Waals surface area contributed by atoms with Gasteiger partial charge in [0.1, 0.15) is 0 Å². The molecule has 1 aliphatic carbocycles. The van der Waals surface area contributed by atoms with Gasteiger partial charge in [0.05, 0.1) is 6.04 Å². The smallest absolute Gasteiger partial charge is 0.220 e. The summed E-state index contributed by atoms with van der Waals surface area (Å²) >= 11 is 0. The minimum Gasteiger partial charge on any atom is -0.346 e. The van der Waals surface area contributed by atoms with Crippen molar-refractivity contribution in [2.24, 2.45) is 0 Å². The molecule has 0 aromatic rings. The SMILES string of the molecule is C=CCCC(=O)N[C@@H]1CCCC1=O. The van der Waals surface area contributed by atoms with E-state index in [9.17, 15) is 9.59 Å². The highest BCUT2D eigenvalue weighted by Crippen LogP contribution is 2.14. The summed E-state index contributed by atoms with van der Waals surface area (Å²) < 4.78 is 0. The Bertz CT molecular complexity index is 223. The number of carbonyl (C=O) groups is 2. The summed E-state index contributed by atoms with van der Waals surface area (Å²) in [5.41, 5.74) is 0. The Morgan fingerprint density at radius 3 is 3.00 bits per heavy atom. The predicted molar refractivity (Wildman–Crippen MR) is 50.2 cm³/mol. The van der Waals surface area contributed by atoms with E-state index in [0.717, 1.165) is 12.8 Å². The molecule has 1 aliphatic rings. The van der Waals surface area contributed by atoms with Crippen LogP contribution >= 0.6 is 0 Å². The second kappa shape index (κ2) is 4.80. The van der Waals surface area contributed by atoms with E-state index in [-0.39, 0.29) is 17.7 Å². The summed E-state index contributed by atoms with van der Waals surface area (Å²) in [6.07, 6.45) is 5.15. The molecule has 0 aromatic heterocycles. The molecule has 0 saturated heterocycles. The highest BCUT2D eigenvalue weighted by molar-refractivity contribution is 5.90. The standard InChI is InChI=1S/C10H15NO2/c1-2-3-7-10(13)11-8-5-4-6-9(8)12/h2,8H,1,3-7H2,(H,11,13)/t8-/m1/s1. The summed E-state index contributed by atoms with van der Waals surface area (Å²) in [4.78, 5) is 22.3. The van der Waals surface area contributed by atoms with E-state index in [2.05, 4.69) is 11.9 Å². The van der Waals surface area contributed by atoms with E-state index in [1.54, 1.807) is 6.08 Å². The fourth-order valence-corrected chi connectivity index (χ4v) is 1.47. The summed E-state index contributed by atoms with van der Waals surface area (Å²) in [7, 11) is 0. The van der Waals surface area contributed by atoms with E-state index in [1.165, 1.54) is 0 Å². The van der Waals surface area contributed by atoms with Gasteiger partial charge in [-0.25, -0.2) is 0 Å². The molecule has 0 heterocycles. The topological polar surface area (TPSA) is 46.2 Å². The second-order valence-corrected chi connectivity index (χ2v) is 3.31. The lowest BCUT2D eigenvalue weighted by molar-refractivity contribution is -0.126. The Morgan fingerprint density at radius 1 is 1.69 bits per heavy atom. The van der Waals surface area contributed by atoms with Crippen molar-refractivity contribution in [2.45, 2.75) is 38.1 Å². The Balaban J connectivity index is 2.26. The van der Waals surface area contributed by atoms with Crippen LogP contribution in [0.5, 0.6) is 0 Å². The number of Topliss-reactive ketones (excluding diaryl/α,β-unsaturated/α-hetero) is 1. The zero-order chi connectivity index (χ0) is 9.68. The minimum absolute atomic E-state index is 0.0415. The summed E-state index contributed by atoms with van der Waals surface area (Å²) in [5, 5.41) is 2.73. The molecule has 1 atom stereocenters. The van der Waals surface area contributed by atoms with E-state index < -0.39 is 0 Å². The molecule has 0 aliphatic heterocycles. The first kappa shape index (κ1) is 9.96. The molecule has 3 nitrogen and oxygen atoms in total. The van der Waals surface area contributed by atoms with E-state index in [1.807, 2.05) is 0 Å². The lowest BCUT2D eigenvalue weighted by Crippen LogP contribution is -2.37. The summed E-state index contributed by atoms with van der Waals surface area (Å²) in [5.74, 6) is 0.132. The van der Waals surface area contributed by atoms with Gasteiger partial charge in [0.15, 0.2) is 5.78 Å². The maximum atomic E-state index is 11.2. The average molecular weight is 181 g/mol. The van der Waals surface area contributed by atoms with Crippen molar-refractivity contribution in [1.29, 1.82) is 0 Å². The van der Waals surface area contributed by atoms with Crippen molar-refractivity contribution in [3.8, 4) is 0 Å². The number of hydrogen-bond acceptors (Lipinski definition) is 2. The average Bonchev–Trinajstić information content (AvgIpc) is 2.48. The second-order valence-electron chi connectivity index (χ2n) is 3.31. The minimum atomic E-state index is -0.211. The number of hydrogen-bond donors (Lipinski definition) is 1. The lowest BCUT2D eigenvalue weighted by Gasteiger charge is -2.09. The molecule has 3 heteroatoms. The maximum absolute atomic E-state index is 11.2. The Kier molecular flexibility index (Phi) is 3.68. The van der Waals surface area contributed by atoms with Crippen LogP contribution in [-0.4, -0.2) is 17.7 Å². The third-order valence-electron chi connectivity index (χ3n) is 2.22. The molecule has 0 aromatic carbocycles. The molecule has 1 saturated carbocycles. The monoisotopic (exact) mass is 181 g/mol. The van der Waals surface area contributed by atoms with Crippen molar-refractivity contribution in [3.05, 3.63) is 12.7 Å². The van der Waals surface area contributed by atoms with E-state index >= 15 is 0 Å². The quantitative estimate of drug-likeness (QED) is 0.662. The predicted octanol–water partition coefficient (Wildman–Crippen LogP) is 1.19. The molecule has 0 bridgehead atoms. The number of amides is 1. The van der Waals surface area contributed by atoms with Crippen LogP contribution in [0.1, 0.15) is 32.1 Å². The maximum Gasteiger partial charge on any atom is 0.220 e. The zero-order valence-corrected chi connectivity index (χ0v) is 7.71. The fraction of sp³-hybridized carbons (Fsp3) is 0.600. The van der Waals surface area contributed by atoms with Gasteiger partial charge in [0, 0.05) is 12.8 Å². The van der Waals surface area contributed by atoms with Crippen molar-refractivity contribution in [3.63, 3.8) is 0 Å². The molecule has 1 fully saturated rings. The highest BCUT2D eigenvalue weighted by Gasteiger charge is 2.25. The Hall–Kier alpha value is -1.12. The fourth-order valence-electron chi connectivity index (χ4n) is 1.47. The molecule has 0 radical (unpaired) electrons. The van der Waals surface area contributed by atoms with Crippen LogP contribution in [-0.2, 0) is 9.59 Å². The number of nitrogens with one attached hydrogen (secondary N) is 1. The summed E-state index contributed by atoms with van der Waals surface area (Å²) in [6.45, 7) is 3.53. The molecular formula is C10H15NO2. The molecule has 1 N–H and O–H groups in total. The summed E-state index contributed by atoms with van der Waals surface area (Å²) in [6, 6.07) is -0.211. The van der Waals surface area contributed by atoms with Crippen LogP contribution in [0.3, 0.4) is 0 Å². The van der Waals surface area contributed by atoms with Crippen LogP contribution in [0.25, 0.3) is 0 Å². The van der Waals surface area contributed by atoms with Gasteiger partial charge >= 0.3 is 0 Å². The number of rotatable bonds is 4. The zero-order valence-electron chi connectivity index (χ0n) is 7.71. The van der Waals surface area contributed by atoms with Gasteiger partial charge in [-0.05, 0) is 19.3 Å². The van der Waals surface area contributed by atoms with E-state index in [4.69, 9.17) is 0 Å². The number of carbonyl (C=O) groups excluding carboxylic acids is 2. The number of allylic oxidation sites excluding steroid dienone is 1. The molecule has 1 amide bonds. The molecule has 1 rings (SSSR count). The van der Waals surface area contributed by atoms with Crippen molar-refractivity contribution in [2.75, 3.05) is 0 Å². The van der Waals surface area contributed by atoms with Crippen molar-refractivity contribution >= 4 is 11.7 Å². The Morgan fingerprint density at radius 2 is 2.46 bits per heavy atom. The first-order valence-corrected chi connectivity index (χ1v) is 4.67. The molecular weight excluding hydrogens is 166 g/mol. The number of ketones is 1. The first-order chi connectivity index (χ1) is 6.24. The van der Waals surface area contributed by atoms with Gasteiger partial charge < -0.3 is 5.32 Å². The molecule has 0 unspecified atom stereocenters. The van der Waals surface area contributed by atoms with Crippen LogP contribution in [0.15, 0.2) is 12.7 Å². The molecule has 13 heavy (non-hydrogen) atoms. The van der Waals surface area contributed by atoms with E-state index in [0.29, 0.717) is 19.3 Å². The van der Waals surface area contributed by atoms with Gasteiger partial charge in [-0.15, -0.1) is 6.58 Å². The van der Waals surface area contributed by atoms with Gasteiger partial charge in [0.25, 0.3) is 0 Å². The normalized spacial score (nSPS) is 21.5. The molecule has 0 spiro atoms. The third-order valence-corrected chi connectivity index (χ3v) is 2.22. The largest absolute Gasteiger partial charge is 0.346 e. The Labute approximate surface area is 78.2 Å². The van der Waals surface area contributed by atoms with Gasteiger partial charge in [0.2, 0.25) is 5.91 Å². The lowest BCUT2D eigenvalue weighted by atomic mass is 10.2. The first-order valence-electron chi connectivity index (χ1n) is 4.67. The van der Waals surface area contributed by atoms with Gasteiger partial charge in [-0.2, -0.15) is 0 Å². The van der Waals surface area contributed by atoms with Crippen LogP contribution in [0.4, 0.5) is 0 Å².